The summed E-state index contributed by atoms with van der Waals surface area (Å²) >= 11 is 1.53. The van der Waals surface area contributed by atoms with Crippen molar-refractivity contribution in [3.63, 3.8) is 0 Å². The second kappa shape index (κ2) is 5.78. The van der Waals surface area contributed by atoms with Crippen LogP contribution in [-0.2, 0) is 6.42 Å². The van der Waals surface area contributed by atoms with Crippen LogP contribution >= 0.6 is 11.5 Å². The van der Waals surface area contributed by atoms with Crippen molar-refractivity contribution in [2.75, 3.05) is 18.0 Å². The molecule has 0 spiro atoms. The zero-order valence-electron chi connectivity index (χ0n) is 10.7. The largest absolute Gasteiger partial charge is 0.346 e. The van der Waals surface area contributed by atoms with Crippen LogP contribution in [0.5, 0.6) is 0 Å². The first-order valence-corrected chi connectivity index (χ1v) is 7.35. The Labute approximate surface area is 107 Å². The molecule has 2 atom stereocenters. The molecule has 2 unspecified atom stereocenters. The van der Waals surface area contributed by atoms with Gasteiger partial charge >= 0.3 is 0 Å². The van der Waals surface area contributed by atoms with Crippen molar-refractivity contribution in [2.45, 2.75) is 45.6 Å². The molecule has 5 heteroatoms. The number of aromatic nitrogens is 2. The van der Waals surface area contributed by atoms with E-state index in [1.54, 1.807) is 0 Å². The monoisotopic (exact) mass is 254 g/mol. The fourth-order valence-corrected chi connectivity index (χ4v) is 3.10. The number of aryl methyl sites for hydroxylation is 1. The second-order valence-corrected chi connectivity index (χ2v) is 5.54. The van der Waals surface area contributed by atoms with Crippen molar-refractivity contribution in [1.82, 2.24) is 9.36 Å². The van der Waals surface area contributed by atoms with E-state index in [9.17, 15) is 0 Å². The number of nitrogens with two attached hydrogens (primary N) is 1. The third-order valence-electron chi connectivity index (χ3n) is 3.52. The van der Waals surface area contributed by atoms with Gasteiger partial charge in [-0.25, -0.2) is 4.98 Å². The average molecular weight is 254 g/mol. The third-order valence-corrected chi connectivity index (χ3v) is 4.33. The van der Waals surface area contributed by atoms with Crippen molar-refractivity contribution in [1.29, 1.82) is 0 Å². The average Bonchev–Trinajstić information content (AvgIpc) is 2.79. The summed E-state index contributed by atoms with van der Waals surface area (Å²) in [7, 11) is 0. The lowest BCUT2D eigenvalue weighted by Gasteiger charge is -2.36. The lowest BCUT2D eigenvalue weighted by molar-refractivity contribution is 0.348. The van der Waals surface area contributed by atoms with Gasteiger partial charge in [0.25, 0.3) is 0 Å². The number of anilines is 1. The summed E-state index contributed by atoms with van der Waals surface area (Å²) in [5.74, 6) is 1.60. The highest BCUT2D eigenvalue weighted by molar-refractivity contribution is 7.09. The lowest BCUT2D eigenvalue weighted by atomic mass is 9.91. The molecule has 2 N–H and O–H groups in total. The van der Waals surface area contributed by atoms with E-state index < -0.39 is 0 Å². The smallest absolute Gasteiger partial charge is 0.205 e. The molecule has 0 amide bonds. The molecule has 1 saturated heterocycles. The summed E-state index contributed by atoms with van der Waals surface area (Å²) in [5.41, 5.74) is 6.12. The minimum atomic E-state index is 0.360. The van der Waals surface area contributed by atoms with Gasteiger partial charge in [-0.3, -0.25) is 0 Å². The van der Waals surface area contributed by atoms with Crippen LogP contribution in [-0.4, -0.2) is 28.5 Å². The van der Waals surface area contributed by atoms with Crippen LogP contribution in [0.3, 0.4) is 0 Å². The van der Waals surface area contributed by atoms with E-state index in [2.05, 4.69) is 28.1 Å². The van der Waals surface area contributed by atoms with Gasteiger partial charge in [0.2, 0.25) is 5.13 Å². The van der Waals surface area contributed by atoms with E-state index in [0.29, 0.717) is 12.0 Å². The van der Waals surface area contributed by atoms with E-state index in [1.807, 2.05) is 0 Å². The zero-order chi connectivity index (χ0) is 12.3. The van der Waals surface area contributed by atoms with Crippen molar-refractivity contribution in [3.8, 4) is 0 Å². The summed E-state index contributed by atoms with van der Waals surface area (Å²) in [6, 6.07) is 0.360. The number of nitrogens with zero attached hydrogens (tertiary/aromatic N) is 3. The number of hydrogen-bond acceptors (Lipinski definition) is 5. The summed E-state index contributed by atoms with van der Waals surface area (Å²) < 4.78 is 4.41. The molecule has 2 heterocycles. The topological polar surface area (TPSA) is 55.0 Å². The Morgan fingerprint density at radius 3 is 3.00 bits per heavy atom. The minimum absolute atomic E-state index is 0.360. The third kappa shape index (κ3) is 2.96. The van der Waals surface area contributed by atoms with E-state index in [4.69, 9.17) is 5.73 Å². The van der Waals surface area contributed by atoms with Gasteiger partial charge < -0.3 is 10.6 Å². The Bertz CT molecular complexity index is 352. The Kier molecular flexibility index (Phi) is 4.34. The number of piperidine rings is 1. The van der Waals surface area contributed by atoms with Gasteiger partial charge in [-0.2, -0.15) is 4.37 Å². The van der Waals surface area contributed by atoms with Crippen LogP contribution in [0.15, 0.2) is 0 Å². The molecule has 1 aliphatic heterocycles. The molecule has 96 valence electrons. The van der Waals surface area contributed by atoms with Gasteiger partial charge in [-0.15, -0.1) is 0 Å². The van der Waals surface area contributed by atoms with Crippen molar-refractivity contribution in [2.24, 2.45) is 11.7 Å². The number of hydrogen-bond donors (Lipinski definition) is 1. The summed E-state index contributed by atoms with van der Waals surface area (Å²) in [6.45, 7) is 6.45. The summed E-state index contributed by atoms with van der Waals surface area (Å²) in [6.07, 6.45) is 4.32. The molecule has 17 heavy (non-hydrogen) atoms. The normalized spacial score (nSPS) is 25.2. The van der Waals surface area contributed by atoms with Crippen LogP contribution in [0.2, 0.25) is 0 Å². The van der Waals surface area contributed by atoms with Crippen LogP contribution in [0.4, 0.5) is 5.13 Å². The molecular weight excluding hydrogens is 232 g/mol. The van der Waals surface area contributed by atoms with Crippen LogP contribution in [0, 0.1) is 5.92 Å². The van der Waals surface area contributed by atoms with Gasteiger partial charge in [0.05, 0.1) is 0 Å². The van der Waals surface area contributed by atoms with Gasteiger partial charge in [-0.05, 0) is 18.8 Å². The molecule has 0 saturated carbocycles. The molecule has 1 aromatic rings. The van der Waals surface area contributed by atoms with E-state index in [-0.39, 0.29) is 0 Å². The highest BCUT2D eigenvalue weighted by Gasteiger charge is 2.26. The summed E-state index contributed by atoms with van der Waals surface area (Å²) in [4.78, 5) is 6.97. The first-order valence-electron chi connectivity index (χ1n) is 6.57. The second-order valence-electron chi connectivity index (χ2n) is 4.81. The van der Waals surface area contributed by atoms with Crippen LogP contribution in [0.1, 0.15) is 38.9 Å². The first-order chi connectivity index (χ1) is 8.24. The highest BCUT2D eigenvalue weighted by atomic mass is 32.1. The molecular formula is C12H22N4S. The molecule has 1 aliphatic rings. The minimum Gasteiger partial charge on any atom is -0.346 e. The van der Waals surface area contributed by atoms with Crippen molar-refractivity contribution < 1.29 is 0 Å². The van der Waals surface area contributed by atoms with E-state index in [1.165, 1.54) is 11.5 Å². The molecule has 0 bridgehead atoms. The molecule has 1 fully saturated rings. The molecule has 0 aliphatic carbocycles. The maximum absolute atomic E-state index is 6.12. The molecule has 1 aromatic heterocycles. The van der Waals surface area contributed by atoms with Crippen LogP contribution in [0.25, 0.3) is 0 Å². The Morgan fingerprint density at radius 2 is 2.29 bits per heavy atom. The molecule has 0 radical (unpaired) electrons. The number of rotatable bonds is 4. The highest BCUT2D eigenvalue weighted by Crippen LogP contribution is 2.25. The van der Waals surface area contributed by atoms with Crippen molar-refractivity contribution >= 4 is 16.7 Å². The van der Waals surface area contributed by atoms with Gasteiger partial charge in [0.1, 0.15) is 5.82 Å². The maximum Gasteiger partial charge on any atom is 0.205 e. The van der Waals surface area contributed by atoms with Gasteiger partial charge in [0.15, 0.2) is 0 Å². The molecule has 2 rings (SSSR count). The fourth-order valence-electron chi connectivity index (χ4n) is 2.35. The fraction of sp³-hybridized carbons (Fsp3) is 0.833. The van der Waals surface area contributed by atoms with E-state index in [0.717, 1.165) is 49.7 Å². The van der Waals surface area contributed by atoms with Gasteiger partial charge in [0, 0.05) is 37.1 Å². The SMILES string of the molecule is CCCc1nsc(N2CCC(N)C(CC)C2)n1. The molecule has 4 nitrogen and oxygen atoms in total. The van der Waals surface area contributed by atoms with Crippen LogP contribution < -0.4 is 10.6 Å². The predicted octanol–water partition coefficient (Wildman–Crippen LogP) is 2.05. The zero-order valence-corrected chi connectivity index (χ0v) is 11.5. The molecule has 0 aromatic carbocycles. The Morgan fingerprint density at radius 1 is 1.47 bits per heavy atom. The standard InChI is InChI=1S/C12H22N4S/c1-3-5-11-14-12(17-15-11)16-7-6-10(13)9(4-2)8-16/h9-10H,3-8,13H2,1-2H3. The maximum atomic E-state index is 6.12. The lowest BCUT2D eigenvalue weighted by Crippen LogP contribution is -2.46. The first kappa shape index (κ1) is 12.8. The van der Waals surface area contributed by atoms with Gasteiger partial charge in [-0.1, -0.05) is 20.3 Å². The quantitative estimate of drug-likeness (QED) is 0.893. The Balaban J connectivity index is 2.01. The predicted molar refractivity (Wildman–Crippen MR) is 72.5 cm³/mol. The Hall–Kier alpha value is -0.680. The van der Waals surface area contributed by atoms with Crippen molar-refractivity contribution in [3.05, 3.63) is 5.82 Å². The summed E-state index contributed by atoms with van der Waals surface area (Å²) in [5, 5.41) is 1.08. The van der Waals surface area contributed by atoms with E-state index >= 15 is 0 Å².